The largest absolute Gasteiger partial charge is 0.472 e. The van der Waals surface area contributed by atoms with Gasteiger partial charge in [0.2, 0.25) is 0 Å². The van der Waals surface area contributed by atoms with Crippen LogP contribution in [0.15, 0.2) is 72.9 Å². The fourth-order valence-corrected chi connectivity index (χ4v) is 4.81. The average molecular weight is 645 g/mol. The summed E-state index contributed by atoms with van der Waals surface area (Å²) in [4.78, 5) is 21.7. The number of allylic oxidation sites excluding steroid dienone is 12. The first-order chi connectivity index (χ1) is 21.0. The van der Waals surface area contributed by atoms with Gasteiger partial charge < -0.3 is 40.3 Å². The normalized spacial score (nSPS) is 27.0. The molecule has 6 atom stereocenters. The number of carbonyl (C=O) groups excluding carboxylic acids is 1. The lowest BCUT2D eigenvalue weighted by Crippen LogP contribution is -2.64. The molecule has 0 saturated heterocycles. The van der Waals surface area contributed by atoms with Crippen LogP contribution in [0.3, 0.4) is 0 Å². The second-order valence-corrected chi connectivity index (χ2v) is 11.5. The summed E-state index contributed by atoms with van der Waals surface area (Å²) in [6.07, 6.45) is 17.6. The van der Waals surface area contributed by atoms with Gasteiger partial charge in [-0.2, -0.15) is 0 Å². The van der Waals surface area contributed by atoms with Crippen molar-refractivity contribution >= 4 is 13.8 Å². The van der Waals surface area contributed by atoms with Crippen LogP contribution in [0, 0.1) is 0 Å². The van der Waals surface area contributed by atoms with E-state index in [1.54, 1.807) is 0 Å². The van der Waals surface area contributed by atoms with Gasteiger partial charge in [0.25, 0.3) is 0 Å². The van der Waals surface area contributed by atoms with E-state index in [0.29, 0.717) is 6.42 Å². The molecule has 1 aliphatic carbocycles. The number of aliphatic hydroxyl groups is 6. The van der Waals surface area contributed by atoms with Crippen molar-refractivity contribution in [3.63, 3.8) is 0 Å². The summed E-state index contributed by atoms with van der Waals surface area (Å²) in [6.45, 7) is 0.790. The van der Waals surface area contributed by atoms with Crippen LogP contribution in [0.5, 0.6) is 0 Å². The fourth-order valence-electron chi connectivity index (χ4n) is 3.84. The van der Waals surface area contributed by atoms with Gasteiger partial charge in [-0.25, -0.2) is 4.57 Å². The third-order valence-corrected chi connectivity index (χ3v) is 7.29. The average Bonchev–Trinajstić information content (AvgIpc) is 3.00. The van der Waals surface area contributed by atoms with Gasteiger partial charge >= 0.3 is 13.8 Å². The molecule has 1 fully saturated rings. The molecule has 0 spiro atoms. The molecule has 1 rings (SSSR count). The molecule has 0 aromatic rings. The number of phosphoric acid groups is 1. The van der Waals surface area contributed by atoms with Gasteiger partial charge in [-0.15, -0.1) is 0 Å². The SMILES string of the molecule is CC/C=C\C/C=C\C/C=C\C/C=C\C/C=C\C/C=C\CCC(=O)OCC(O)COP(=O)(O)OC1C(O)C(O)C(O)C(O)C1O. The molecule has 250 valence electrons. The van der Waals surface area contributed by atoms with E-state index in [-0.39, 0.29) is 6.42 Å². The summed E-state index contributed by atoms with van der Waals surface area (Å²) in [5.41, 5.74) is 0. The van der Waals surface area contributed by atoms with Crippen molar-refractivity contribution in [2.45, 2.75) is 101 Å². The third kappa shape index (κ3) is 17.3. The van der Waals surface area contributed by atoms with E-state index < -0.39 is 69.7 Å². The number of esters is 1. The molecular formula is C31H49O12P. The molecule has 1 saturated carbocycles. The minimum Gasteiger partial charge on any atom is -0.463 e. The van der Waals surface area contributed by atoms with Crippen LogP contribution in [-0.2, 0) is 23.1 Å². The van der Waals surface area contributed by atoms with Crippen molar-refractivity contribution < 1.29 is 58.7 Å². The zero-order valence-electron chi connectivity index (χ0n) is 25.2. The van der Waals surface area contributed by atoms with Crippen LogP contribution in [-0.4, -0.2) is 97.4 Å². The highest BCUT2D eigenvalue weighted by atomic mass is 31.2. The number of hydrogen-bond donors (Lipinski definition) is 7. The maximum absolute atomic E-state index is 12.1. The second kappa shape index (κ2) is 23.2. The van der Waals surface area contributed by atoms with Crippen molar-refractivity contribution in [2.75, 3.05) is 13.2 Å². The zero-order chi connectivity index (χ0) is 32.8. The van der Waals surface area contributed by atoms with E-state index >= 15 is 0 Å². The zero-order valence-corrected chi connectivity index (χ0v) is 26.1. The Labute approximate surface area is 259 Å². The molecule has 0 aliphatic heterocycles. The van der Waals surface area contributed by atoms with Gasteiger partial charge in [0.05, 0.1) is 6.61 Å². The van der Waals surface area contributed by atoms with E-state index in [1.807, 2.05) is 18.2 Å². The molecule has 13 heteroatoms. The summed E-state index contributed by atoms with van der Waals surface area (Å²) in [5.74, 6) is -0.595. The monoisotopic (exact) mass is 644 g/mol. The van der Waals surface area contributed by atoms with Gasteiger partial charge in [-0.05, 0) is 44.9 Å². The summed E-state index contributed by atoms with van der Waals surface area (Å²) in [5, 5.41) is 58.6. The molecule has 44 heavy (non-hydrogen) atoms. The molecule has 7 N–H and O–H groups in total. The smallest absolute Gasteiger partial charge is 0.463 e. The molecule has 0 radical (unpaired) electrons. The molecule has 0 aromatic heterocycles. The predicted molar refractivity (Wildman–Crippen MR) is 165 cm³/mol. The summed E-state index contributed by atoms with van der Waals surface area (Å²) in [7, 11) is -5.01. The Balaban J connectivity index is 2.15. The van der Waals surface area contributed by atoms with Crippen LogP contribution in [0.25, 0.3) is 0 Å². The third-order valence-electron chi connectivity index (χ3n) is 6.31. The van der Waals surface area contributed by atoms with E-state index in [0.717, 1.165) is 38.5 Å². The highest BCUT2D eigenvalue weighted by Gasteiger charge is 2.51. The first-order valence-corrected chi connectivity index (χ1v) is 16.3. The maximum atomic E-state index is 12.1. The van der Waals surface area contributed by atoms with E-state index in [9.17, 15) is 44.9 Å². The highest BCUT2D eigenvalue weighted by molar-refractivity contribution is 7.47. The van der Waals surface area contributed by atoms with Gasteiger partial charge in [0.1, 0.15) is 49.3 Å². The quantitative estimate of drug-likeness (QED) is 0.0548. The number of aliphatic hydroxyl groups excluding tert-OH is 6. The molecular weight excluding hydrogens is 595 g/mol. The Morgan fingerprint density at radius 2 is 1.09 bits per heavy atom. The first-order valence-electron chi connectivity index (χ1n) is 14.8. The number of ether oxygens (including phenoxy) is 1. The summed E-state index contributed by atoms with van der Waals surface area (Å²) in [6, 6.07) is 0. The van der Waals surface area contributed by atoms with Gasteiger partial charge in [0, 0.05) is 6.42 Å². The Morgan fingerprint density at radius 3 is 1.55 bits per heavy atom. The Kier molecular flexibility index (Phi) is 21.0. The van der Waals surface area contributed by atoms with Crippen LogP contribution >= 0.6 is 7.82 Å². The van der Waals surface area contributed by atoms with Crippen molar-refractivity contribution in [1.82, 2.24) is 0 Å². The standard InChI is InChI=1S/C31H49O12P/c1-2-3-4-5-6-7-8-9-10-11-12-13-14-15-16-17-18-19-20-21-25(33)41-22-24(32)23-42-44(39,40)43-31-29(37)27(35)26(34)28(36)30(31)38/h3-4,6-7,9-10,12-13,15-16,18-19,24,26-32,34-38H,2,5,8,11,14,17,20-23H2,1H3,(H,39,40)/b4-3-,7-6-,10-9-,13-12-,16-15-,19-18-. The Morgan fingerprint density at radius 1 is 0.682 bits per heavy atom. The summed E-state index contributed by atoms with van der Waals surface area (Å²) < 4.78 is 26.3. The lowest BCUT2D eigenvalue weighted by atomic mass is 9.85. The molecule has 0 heterocycles. The molecule has 1 aliphatic rings. The van der Waals surface area contributed by atoms with Gasteiger partial charge in [-0.1, -0.05) is 79.8 Å². The predicted octanol–water partition coefficient (Wildman–Crippen LogP) is 2.69. The first kappa shape index (κ1) is 39.8. The van der Waals surface area contributed by atoms with Crippen LogP contribution in [0.2, 0.25) is 0 Å². The number of hydrogen-bond acceptors (Lipinski definition) is 11. The molecule has 6 unspecified atom stereocenters. The molecule has 0 aromatic carbocycles. The Bertz CT molecular complexity index is 1010. The topological polar surface area (TPSA) is 203 Å². The second-order valence-electron chi connectivity index (χ2n) is 10.1. The number of phosphoric ester groups is 1. The summed E-state index contributed by atoms with van der Waals surface area (Å²) >= 11 is 0. The van der Waals surface area contributed by atoms with Crippen molar-refractivity contribution in [2.24, 2.45) is 0 Å². The molecule has 0 amide bonds. The van der Waals surface area contributed by atoms with Gasteiger partial charge in [-0.3, -0.25) is 13.8 Å². The minimum absolute atomic E-state index is 0.0608. The lowest BCUT2D eigenvalue weighted by molar-refractivity contribution is -0.220. The fraction of sp³-hybridized carbons (Fsp3) is 0.581. The maximum Gasteiger partial charge on any atom is 0.472 e. The lowest BCUT2D eigenvalue weighted by Gasteiger charge is -2.41. The highest BCUT2D eigenvalue weighted by Crippen LogP contribution is 2.47. The van der Waals surface area contributed by atoms with E-state index in [2.05, 4.69) is 70.7 Å². The van der Waals surface area contributed by atoms with Crippen molar-refractivity contribution in [1.29, 1.82) is 0 Å². The van der Waals surface area contributed by atoms with Crippen molar-refractivity contribution in [3.8, 4) is 0 Å². The number of rotatable bonds is 21. The van der Waals surface area contributed by atoms with E-state index in [1.165, 1.54) is 0 Å². The van der Waals surface area contributed by atoms with Crippen LogP contribution < -0.4 is 0 Å². The van der Waals surface area contributed by atoms with E-state index in [4.69, 9.17) is 4.74 Å². The van der Waals surface area contributed by atoms with Crippen molar-refractivity contribution in [3.05, 3.63) is 72.9 Å². The van der Waals surface area contributed by atoms with Crippen LogP contribution in [0.4, 0.5) is 0 Å². The number of carbonyl (C=O) groups is 1. The van der Waals surface area contributed by atoms with Gasteiger partial charge in [0.15, 0.2) is 0 Å². The van der Waals surface area contributed by atoms with Crippen LogP contribution in [0.1, 0.15) is 58.3 Å². The Hall–Kier alpha value is -2.22. The molecule has 0 bridgehead atoms. The molecule has 12 nitrogen and oxygen atoms in total. The minimum atomic E-state index is -5.01.